The lowest BCUT2D eigenvalue weighted by Gasteiger charge is -2.10. The van der Waals surface area contributed by atoms with E-state index >= 15 is 0 Å². The van der Waals surface area contributed by atoms with E-state index in [2.05, 4.69) is 15.5 Å². The number of carbonyl (C=O) groups excluding carboxylic acids is 1. The number of carboxylic acids is 1. The van der Waals surface area contributed by atoms with Crippen molar-refractivity contribution in [3.05, 3.63) is 70.4 Å². The highest BCUT2D eigenvalue weighted by atomic mass is 16.5. The molecular formula is C22H25N5O5. The van der Waals surface area contributed by atoms with Gasteiger partial charge < -0.3 is 9.84 Å². The minimum absolute atomic E-state index is 0.0423. The molecule has 0 spiro atoms. The van der Waals surface area contributed by atoms with Crippen molar-refractivity contribution in [2.45, 2.75) is 33.2 Å². The van der Waals surface area contributed by atoms with Crippen LogP contribution in [-0.4, -0.2) is 43.3 Å². The van der Waals surface area contributed by atoms with Gasteiger partial charge in [-0.05, 0) is 23.6 Å². The Morgan fingerprint density at radius 3 is 2.81 bits per heavy atom. The number of nitrogens with zero attached hydrogens (tertiary/aromatic N) is 4. The highest BCUT2D eigenvalue weighted by molar-refractivity contribution is 5.84. The topological polar surface area (TPSA) is 128 Å². The third-order valence-electron chi connectivity index (χ3n) is 4.41. The predicted octanol–water partition coefficient (Wildman–Crippen LogP) is 2.70. The predicted molar refractivity (Wildman–Crippen MR) is 117 cm³/mol. The number of carboxylic acid groups (broad SMARTS) is 1. The van der Waals surface area contributed by atoms with Gasteiger partial charge in [-0.25, -0.2) is 9.48 Å². The minimum atomic E-state index is -0.907. The monoisotopic (exact) mass is 439 g/mol. The van der Waals surface area contributed by atoms with Crippen LogP contribution in [-0.2, 0) is 22.5 Å². The molecule has 0 saturated carbocycles. The maximum absolute atomic E-state index is 12.3. The van der Waals surface area contributed by atoms with Gasteiger partial charge in [0, 0.05) is 24.4 Å². The Labute approximate surface area is 184 Å². The van der Waals surface area contributed by atoms with Gasteiger partial charge in [0.05, 0.1) is 32.0 Å². The van der Waals surface area contributed by atoms with Crippen LogP contribution in [0, 0.1) is 5.92 Å². The van der Waals surface area contributed by atoms with Gasteiger partial charge in [0.15, 0.2) is 0 Å². The summed E-state index contributed by atoms with van der Waals surface area (Å²) in [5.74, 6) is -0.668. The SMILES string of the molecule is CC(C)COC(=O)Nc1cccc(Cc2nn(-c3cnn(CCC(=O)O)c3)ccc2=O)c1. The number of hydrogen-bond donors (Lipinski definition) is 2. The zero-order valence-electron chi connectivity index (χ0n) is 17.9. The summed E-state index contributed by atoms with van der Waals surface area (Å²) in [6.07, 6.45) is 4.44. The Balaban J connectivity index is 1.72. The molecule has 0 atom stereocenters. The third kappa shape index (κ3) is 6.53. The van der Waals surface area contributed by atoms with E-state index in [0.717, 1.165) is 5.56 Å². The summed E-state index contributed by atoms with van der Waals surface area (Å²) in [6.45, 7) is 4.47. The van der Waals surface area contributed by atoms with Crippen LogP contribution in [0.1, 0.15) is 31.5 Å². The maximum Gasteiger partial charge on any atom is 0.411 e. The van der Waals surface area contributed by atoms with Gasteiger partial charge in [0.25, 0.3) is 0 Å². The van der Waals surface area contributed by atoms with Crippen LogP contribution in [0.25, 0.3) is 5.69 Å². The highest BCUT2D eigenvalue weighted by Gasteiger charge is 2.10. The Kier molecular flexibility index (Phi) is 7.37. The molecule has 0 fully saturated rings. The summed E-state index contributed by atoms with van der Waals surface area (Å²) >= 11 is 0. The van der Waals surface area contributed by atoms with Crippen molar-refractivity contribution in [3.63, 3.8) is 0 Å². The smallest absolute Gasteiger partial charge is 0.411 e. The molecule has 2 N–H and O–H groups in total. The van der Waals surface area contributed by atoms with Crippen LogP contribution < -0.4 is 10.7 Å². The maximum atomic E-state index is 12.3. The first kappa shape index (κ1) is 22.7. The largest absolute Gasteiger partial charge is 0.481 e. The lowest BCUT2D eigenvalue weighted by molar-refractivity contribution is -0.137. The summed E-state index contributed by atoms with van der Waals surface area (Å²) in [5.41, 5.74) is 2.08. The molecule has 32 heavy (non-hydrogen) atoms. The number of aliphatic carboxylic acids is 1. The molecule has 1 amide bonds. The minimum Gasteiger partial charge on any atom is -0.481 e. The molecule has 10 nitrogen and oxygen atoms in total. The van der Waals surface area contributed by atoms with Gasteiger partial charge in [-0.3, -0.25) is 19.6 Å². The van der Waals surface area contributed by atoms with Crippen LogP contribution in [0.2, 0.25) is 0 Å². The fraction of sp³-hybridized carbons (Fsp3) is 0.318. The quantitative estimate of drug-likeness (QED) is 0.524. The molecule has 0 aliphatic heterocycles. The average Bonchev–Trinajstić information content (AvgIpc) is 3.22. The summed E-state index contributed by atoms with van der Waals surface area (Å²) in [4.78, 5) is 35.0. The van der Waals surface area contributed by atoms with E-state index in [9.17, 15) is 14.4 Å². The second kappa shape index (κ2) is 10.4. The summed E-state index contributed by atoms with van der Waals surface area (Å²) < 4.78 is 8.16. The van der Waals surface area contributed by atoms with Crippen molar-refractivity contribution in [2.75, 3.05) is 11.9 Å². The van der Waals surface area contributed by atoms with Gasteiger partial charge in [0.2, 0.25) is 5.43 Å². The number of nitrogens with one attached hydrogen (secondary N) is 1. The standard InChI is InChI=1S/C22H25N5O5/c1-15(2)14-32-22(31)24-17-5-3-4-16(10-17)11-19-20(28)6-9-27(25-19)18-12-23-26(13-18)8-7-21(29)30/h3-6,9-10,12-13,15H,7-8,11,14H2,1-2H3,(H,24,31)(H,29,30). The van der Waals surface area contributed by atoms with Crippen molar-refractivity contribution < 1.29 is 19.4 Å². The molecule has 0 radical (unpaired) electrons. The first-order valence-electron chi connectivity index (χ1n) is 10.2. The first-order valence-corrected chi connectivity index (χ1v) is 10.2. The molecule has 3 aromatic rings. The molecule has 2 aromatic heterocycles. The van der Waals surface area contributed by atoms with Gasteiger partial charge in [-0.15, -0.1) is 0 Å². The normalized spacial score (nSPS) is 10.8. The lowest BCUT2D eigenvalue weighted by Crippen LogP contribution is -2.17. The number of ether oxygens (including phenoxy) is 1. The number of anilines is 1. The van der Waals surface area contributed by atoms with E-state index in [1.54, 1.807) is 30.6 Å². The number of aryl methyl sites for hydroxylation is 1. The van der Waals surface area contributed by atoms with Crippen LogP contribution >= 0.6 is 0 Å². The van der Waals surface area contributed by atoms with Gasteiger partial charge in [-0.2, -0.15) is 10.2 Å². The van der Waals surface area contributed by atoms with E-state index < -0.39 is 12.1 Å². The Bertz CT molecular complexity index is 1150. The molecule has 0 aliphatic rings. The molecule has 0 bridgehead atoms. The third-order valence-corrected chi connectivity index (χ3v) is 4.41. The number of aromatic nitrogens is 4. The zero-order valence-corrected chi connectivity index (χ0v) is 17.9. The molecule has 1 aromatic carbocycles. The molecule has 2 heterocycles. The van der Waals surface area contributed by atoms with Gasteiger partial charge >= 0.3 is 12.1 Å². The molecule has 3 rings (SSSR count). The Morgan fingerprint density at radius 2 is 2.06 bits per heavy atom. The molecule has 10 heteroatoms. The fourth-order valence-corrected chi connectivity index (χ4v) is 2.87. The number of rotatable bonds is 9. The van der Waals surface area contributed by atoms with Crippen LogP contribution in [0.4, 0.5) is 10.5 Å². The van der Waals surface area contributed by atoms with Crippen LogP contribution in [0.15, 0.2) is 53.7 Å². The molecule has 0 saturated heterocycles. The second-order valence-electron chi connectivity index (χ2n) is 7.67. The first-order chi connectivity index (χ1) is 15.3. The fourth-order valence-electron chi connectivity index (χ4n) is 2.87. The summed E-state index contributed by atoms with van der Waals surface area (Å²) in [6, 6.07) is 8.54. The number of carbonyl (C=O) groups is 2. The number of benzene rings is 1. The second-order valence-corrected chi connectivity index (χ2v) is 7.67. The molecule has 168 valence electrons. The van der Waals surface area contributed by atoms with Crippen molar-refractivity contribution in [3.8, 4) is 5.69 Å². The van der Waals surface area contributed by atoms with Crippen LogP contribution in [0.5, 0.6) is 0 Å². The number of hydrogen-bond acceptors (Lipinski definition) is 6. The Morgan fingerprint density at radius 1 is 1.25 bits per heavy atom. The highest BCUT2D eigenvalue weighted by Crippen LogP contribution is 2.14. The summed E-state index contributed by atoms with van der Waals surface area (Å²) in [5, 5.41) is 20.0. The van der Waals surface area contributed by atoms with E-state index in [-0.39, 0.29) is 30.7 Å². The molecule has 0 unspecified atom stereocenters. The zero-order chi connectivity index (χ0) is 23.1. The van der Waals surface area contributed by atoms with E-state index in [1.165, 1.54) is 21.6 Å². The van der Waals surface area contributed by atoms with E-state index in [0.29, 0.717) is 23.7 Å². The van der Waals surface area contributed by atoms with Gasteiger partial charge in [-0.1, -0.05) is 26.0 Å². The Hall–Kier alpha value is -3.95. The van der Waals surface area contributed by atoms with Gasteiger partial charge in [0.1, 0.15) is 11.4 Å². The summed E-state index contributed by atoms with van der Waals surface area (Å²) in [7, 11) is 0. The lowest BCUT2D eigenvalue weighted by atomic mass is 10.1. The van der Waals surface area contributed by atoms with Crippen LogP contribution in [0.3, 0.4) is 0 Å². The van der Waals surface area contributed by atoms with Crippen molar-refractivity contribution >= 4 is 17.7 Å². The average molecular weight is 439 g/mol. The van der Waals surface area contributed by atoms with E-state index in [4.69, 9.17) is 9.84 Å². The van der Waals surface area contributed by atoms with Crippen molar-refractivity contribution in [1.29, 1.82) is 0 Å². The van der Waals surface area contributed by atoms with Crippen molar-refractivity contribution in [2.24, 2.45) is 5.92 Å². The molecular weight excluding hydrogens is 414 g/mol. The molecule has 0 aliphatic carbocycles. The van der Waals surface area contributed by atoms with Crippen molar-refractivity contribution in [1.82, 2.24) is 19.6 Å². The number of amides is 1. The van der Waals surface area contributed by atoms with E-state index in [1.807, 2.05) is 19.9 Å².